The minimum Gasteiger partial charge on any atom is -0.480 e. The highest BCUT2D eigenvalue weighted by molar-refractivity contribution is 5.85. The number of rotatable bonds is 3. The lowest BCUT2D eigenvalue weighted by molar-refractivity contribution is -0.139. The number of halogens is 2. The van der Waals surface area contributed by atoms with E-state index >= 15 is 0 Å². The average Bonchev–Trinajstić information content (AvgIpc) is 2.52. The second-order valence-corrected chi connectivity index (χ2v) is 3.02. The fourth-order valence-electron chi connectivity index (χ4n) is 0.774. The Bertz CT molecular complexity index is 232. The molecule has 0 aliphatic carbocycles. The van der Waals surface area contributed by atoms with Crippen molar-refractivity contribution in [2.75, 3.05) is 13.2 Å². The minimum absolute atomic E-state index is 0. The highest BCUT2D eigenvalue weighted by Gasteiger charge is 2.21. The number of aliphatic hydroxyl groups excluding tert-OH is 1. The van der Waals surface area contributed by atoms with Crippen molar-refractivity contribution in [3.05, 3.63) is 0 Å². The summed E-state index contributed by atoms with van der Waals surface area (Å²) in [6.45, 7) is 0.327. The standard InChI is InChI=1S/C4H9NO3.C4H7NO2.2CH4.2ClH/c5-3(1-2-6)4(7)8;5-3-1-2-7-4(3)6;;;;/h3,6H,1-2,5H2,(H,7,8);3H,1-2,5H2;2*1H4;2*1H. The number of esters is 1. The highest BCUT2D eigenvalue weighted by Crippen LogP contribution is 2.00. The molecule has 2 unspecified atom stereocenters. The number of hydrogen-bond acceptors (Lipinski definition) is 6. The summed E-state index contributed by atoms with van der Waals surface area (Å²) in [5.74, 6) is -1.33. The Morgan fingerprint density at radius 2 is 1.89 bits per heavy atom. The van der Waals surface area contributed by atoms with Crippen molar-refractivity contribution < 1.29 is 24.5 Å². The van der Waals surface area contributed by atoms with Gasteiger partial charge in [-0.1, -0.05) is 14.9 Å². The fourth-order valence-corrected chi connectivity index (χ4v) is 0.774. The van der Waals surface area contributed by atoms with Crippen LogP contribution in [0.15, 0.2) is 0 Å². The zero-order valence-electron chi connectivity index (χ0n) is 9.07. The Kier molecular flexibility index (Phi) is 28.4. The number of carboxylic acids is 1. The largest absolute Gasteiger partial charge is 0.480 e. The van der Waals surface area contributed by atoms with Crippen molar-refractivity contribution in [3.63, 3.8) is 0 Å². The topological polar surface area (TPSA) is 136 Å². The van der Waals surface area contributed by atoms with Gasteiger partial charge in [-0.25, -0.2) is 0 Å². The van der Waals surface area contributed by atoms with Crippen LogP contribution in [-0.2, 0) is 14.3 Å². The van der Waals surface area contributed by atoms with Crippen LogP contribution in [0.25, 0.3) is 0 Å². The lowest BCUT2D eigenvalue weighted by Crippen LogP contribution is -2.30. The number of cyclic esters (lactones) is 1. The van der Waals surface area contributed by atoms with Gasteiger partial charge in [0.05, 0.1) is 6.61 Å². The van der Waals surface area contributed by atoms with Crippen LogP contribution in [0.2, 0.25) is 0 Å². The fraction of sp³-hybridized carbons (Fsp3) is 0.800. The summed E-state index contributed by atoms with van der Waals surface area (Å²) in [5, 5.41) is 16.2. The van der Waals surface area contributed by atoms with Gasteiger partial charge in [0.1, 0.15) is 12.1 Å². The Labute approximate surface area is 126 Å². The van der Waals surface area contributed by atoms with E-state index in [9.17, 15) is 9.59 Å². The van der Waals surface area contributed by atoms with Gasteiger partial charge in [-0.15, -0.1) is 24.8 Å². The van der Waals surface area contributed by atoms with Crippen LogP contribution in [-0.4, -0.2) is 47.4 Å². The zero-order chi connectivity index (χ0) is 11.8. The molecule has 0 radical (unpaired) electrons. The van der Waals surface area contributed by atoms with E-state index in [-0.39, 0.29) is 64.7 Å². The molecule has 0 spiro atoms. The van der Waals surface area contributed by atoms with Gasteiger partial charge in [-0.2, -0.15) is 0 Å². The predicted octanol–water partition coefficient (Wildman–Crippen LogP) is 0.157. The van der Waals surface area contributed by atoms with Gasteiger partial charge in [0.15, 0.2) is 0 Å². The Hall–Kier alpha value is -0.600. The average molecular weight is 325 g/mol. The molecule has 1 aliphatic rings. The molecule has 1 rings (SSSR count). The van der Waals surface area contributed by atoms with E-state index in [2.05, 4.69) is 4.74 Å². The van der Waals surface area contributed by atoms with Crippen molar-refractivity contribution in [3.8, 4) is 0 Å². The molecule has 0 aromatic rings. The first-order chi connectivity index (χ1) is 6.99. The Balaban J connectivity index is -0.0000000569. The minimum atomic E-state index is -1.07. The summed E-state index contributed by atoms with van der Waals surface area (Å²) in [4.78, 5) is 20.1. The van der Waals surface area contributed by atoms with Gasteiger partial charge in [-0.05, 0) is 6.42 Å². The molecule has 2 atom stereocenters. The van der Waals surface area contributed by atoms with Gasteiger partial charge in [-0.3, -0.25) is 9.59 Å². The second-order valence-electron chi connectivity index (χ2n) is 3.02. The number of carbonyl (C=O) groups excluding carboxylic acids is 1. The number of aliphatic hydroxyl groups is 1. The maximum Gasteiger partial charge on any atom is 0.323 e. The summed E-state index contributed by atoms with van der Waals surface area (Å²) in [7, 11) is 0. The van der Waals surface area contributed by atoms with Crippen LogP contribution >= 0.6 is 24.8 Å². The molecule has 1 heterocycles. The summed E-state index contributed by atoms with van der Waals surface area (Å²) < 4.78 is 4.50. The molecular formula is C10H26Cl2N2O5. The van der Waals surface area contributed by atoms with Crippen LogP contribution < -0.4 is 11.5 Å². The first-order valence-corrected chi connectivity index (χ1v) is 4.50. The molecular weight excluding hydrogens is 299 g/mol. The Morgan fingerprint density at radius 3 is 2.00 bits per heavy atom. The second kappa shape index (κ2) is 17.4. The molecule has 120 valence electrons. The summed E-state index contributed by atoms with van der Waals surface area (Å²) in [5.41, 5.74) is 10.2. The number of hydrogen-bond donors (Lipinski definition) is 4. The molecule has 0 aromatic carbocycles. The third kappa shape index (κ3) is 15.3. The number of ether oxygens (including phenoxy) is 1. The third-order valence-corrected chi connectivity index (χ3v) is 1.73. The molecule has 1 saturated heterocycles. The molecule has 1 aliphatic heterocycles. The Morgan fingerprint density at radius 1 is 1.42 bits per heavy atom. The van der Waals surface area contributed by atoms with Gasteiger partial charge < -0.3 is 26.4 Å². The number of nitrogens with two attached hydrogens (primary N) is 2. The molecule has 9 heteroatoms. The maximum absolute atomic E-state index is 10.2. The van der Waals surface area contributed by atoms with Gasteiger partial charge in [0.25, 0.3) is 0 Å². The quantitative estimate of drug-likeness (QED) is 0.542. The number of carboxylic acid groups (broad SMARTS) is 1. The van der Waals surface area contributed by atoms with Crippen molar-refractivity contribution in [2.24, 2.45) is 11.5 Å². The van der Waals surface area contributed by atoms with Crippen LogP contribution in [0, 0.1) is 0 Å². The lowest BCUT2D eigenvalue weighted by Gasteiger charge is -2.00. The van der Waals surface area contributed by atoms with E-state index in [4.69, 9.17) is 21.7 Å². The van der Waals surface area contributed by atoms with Crippen molar-refractivity contribution in [1.29, 1.82) is 0 Å². The first kappa shape index (κ1) is 31.0. The van der Waals surface area contributed by atoms with Gasteiger partial charge in [0, 0.05) is 13.0 Å². The van der Waals surface area contributed by atoms with Crippen LogP contribution in [0.5, 0.6) is 0 Å². The monoisotopic (exact) mass is 324 g/mol. The molecule has 7 nitrogen and oxygen atoms in total. The van der Waals surface area contributed by atoms with E-state index in [0.29, 0.717) is 13.0 Å². The maximum atomic E-state index is 10.2. The smallest absolute Gasteiger partial charge is 0.323 e. The lowest BCUT2D eigenvalue weighted by atomic mass is 10.2. The molecule has 19 heavy (non-hydrogen) atoms. The summed E-state index contributed by atoms with van der Waals surface area (Å²) >= 11 is 0. The van der Waals surface area contributed by atoms with E-state index in [1.165, 1.54) is 0 Å². The molecule has 6 N–H and O–H groups in total. The molecule has 0 saturated carbocycles. The van der Waals surface area contributed by atoms with Crippen LogP contribution in [0.1, 0.15) is 27.7 Å². The third-order valence-electron chi connectivity index (χ3n) is 1.73. The predicted molar refractivity (Wildman–Crippen MR) is 78.8 cm³/mol. The van der Waals surface area contributed by atoms with Gasteiger partial charge >= 0.3 is 11.9 Å². The summed E-state index contributed by atoms with van der Waals surface area (Å²) in [6, 6.07) is -1.26. The number of aliphatic carboxylic acids is 1. The highest BCUT2D eigenvalue weighted by atomic mass is 35.5. The van der Waals surface area contributed by atoms with Crippen molar-refractivity contribution in [1.82, 2.24) is 0 Å². The molecule has 0 aromatic heterocycles. The van der Waals surface area contributed by atoms with Crippen LogP contribution in [0.4, 0.5) is 0 Å². The van der Waals surface area contributed by atoms with E-state index in [1.54, 1.807) is 0 Å². The summed E-state index contributed by atoms with van der Waals surface area (Å²) in [6.07, 6.45) is 0.800. The van der Waals surface area contributed by atoms with Crippen molar-refractivity contribution in [2.45, 2.75) is 39.8 Å². The van der Waals surface area contributed by atoms with Crippen molar-refractivity contribution >= 4 is 36.8 Å². The van der Waals surface area contributed by atoms with Gasteiger partial charge in [0.2, 0.25) is 0 Å². The van der Waals surface area contributed by atoms with E-state index < -0.39 is 12.0 Å². The zero-order valence-corrected chi connectivity index (χ0v) is 10.7. The van der Waals surface area contributed by atoms with E-state index in [0.717, 1.165) is 0 Å². The molecule has 0 amide bonds. The first-order valence-electron chi connectivity index (χ1n) is 4.50. The molecule has 0 bridgehead atoms. The normalized spacial score (nSPS) is 16.8. The van der Waals surface area contributed by atoms with E-state index in [1.807, 2.05) is 0 Å². The number of carbonyl (C=O) groups is 2. The SMILES string of the molecule is C.C.Cl.Cl.NC(CCO)C(=O)O.NC1CCOC1=O. The van der Waals surface area contributed by atoms with Crippen LogP contribution in [0.3, 0.4) is 0 Å². The molecule has 1 fully saturated rings.